The third kappa shape index (κ3) is 4.82. The molecule has 68 valence electrons. The summed E-state index contributed by atoms with van der Waals surface area (Å²) in [5.41, 5.74) is 1.78. The van der Waals surface area contributed by atoms with Crippen LogP contribution in [0.2, 0.25) is 0 Å². The lowest BCUT2D eigenvalue weighted by Gasteiger charge is -2.09. The Morgan fingerprint density at radius 2 is 1.83 bits per heavy atom. The van der Waals surface area contributed by atoms with Gasteiger partial charge >= 0.3 is 0 Å². The summed E-state index contributed by atoms with van der Waals surface area (Å²) in [7, 11) is 0. The molecule has 0 aromatic carbocycles. The minimum atomic E-state index is 0.778. The SMILES string of the molecule is Brc1cncs1.C1COCCO1. The highest BCUT2D eigenvalue weighted by molar-refractivity contribution is 9.11. The Bertz CT molecular complexity index is 178. The van der Waals surface area contributed by atoms with Crippen LogP contribution in [0.25, 0.3) is 0 Å². The minimum absolute atomic E-state index is 0.778. The number of ether oxygens (including phenoxy) is 2. The second kappa shape index (κ2) is 6.54. The molecule has 0 aliphatic carbocycles. The normalized spacial score (nSPS) is 16.4. The van der Waals surface area contributed by atoms with Gasteiger partial charge in [0.2, 0.25) is 0 Å². The van der Waals surface area contributed by atoms with Gasteiger partial charge in [-0.05, 0) is 15.9 Å². The van der Waals surface area contributed by atoms with Crippen molar-refractivity contribution in [2.24, 2.45) is 0 Å². The second-order valence-electron chi connectivity index (χ2n) is 2.03. The van der Waals surface area contributed by atoms with Crippen molar-refractivity contribution in [3.63, 3.8) is 0 Å². The molecule has 1 aliphatic rings. The standard InChI is InChI=1S/C4H8O2.C3H2BrNS/c1-2-6-4-3-5-1;4-3-1-5-2-6-3/h1-4H2;1-2H. The van der Waals surface area contributed by atoms with Gasteiger partial charge in [0, 0.05) is 0 Å². The molecular weight excluding hydrogens is 242 g/mol. The average Bonchev–Trinajstić information content (AvgIpc) is 2.60. The van der Waals surface area contributed by atoms with Crippen LogP contribution in [-0.4, -0.2) is 31.4 Å². The number of halogens is 1. The van der Waals surface area contributed by atoms with E-state index in [2.05, 4.69) is 20.9 Å². The van der Waals surface area contributed by atoms with Crippen LogP contribution in [0.1, 0.15) is 0 Å². The molecule has 0 unspecified atom stereocenters. The van der Waals surface area contributed by atoms with Crippen molar-refractivity contribution in [2.75, 3.05) is 26.4 Å². The summed E-state index contributed by atoms with van der Waals surface area (Å²) >= 11 is 4.82. The van der Waals surface area contributed by atoms with Gasteiger partial charge in [-0.25, -0.2) is 0 Å². The van der Waals surface area contributed by atoms with Crippen molar-refractivity contribution in [2.45, 2.75) is 0 Å². The molecule has 0 spiro atoms. The van der Waals surface area contributed by atoms with Crippen LogP contribution < -0.4 is 0 Å². The monoisotopic (exact) mass is 251 g/mol. The fourth-order valence-corrected chi connectivity index (χ4v) is 1.35. The maximum Gasteiger partial charge on any atom is 0.0896 e. The van der Waals surface area contributed by atoms with Gasteiger partial charge in [0.1, 0.15) is 0 Å². The molecule has 0 atom stereocenters. The lowest BCUT2D eigenvalue weighted by Crippen LogP contribution is -2.16. The molecule has 1 aromatic heterocycles. The fourth-order valence-electron chi connectivity index (χ4n) is 0.640. The molecule has 2 rings (SSSR count). The molecule has 0 N–H and O–H groups in total. The van der Waals surface area contributed by atoms with Gasteiger partial charge in [-0.2, -0.15) is 0 Å². The molecule has 1 aromatic rings. The number of nitrogens with zero attached hydrogens (tertiary/aromatic N) is 1. The Morgan fingerprint density at radius 3 is 2.00 bits per heavy atom. The van der Waals surface area contributed by atoms with Gasteiger partial charge in [0.15, 0.2) is 0 Å². The first-order valence-electron chi connectivity index (χ1n) is 3.59. The maximum atomic E-state index is 4.94. The Hall–Kier alpha value is 0.0300. The third-order valence-corrected chi connectivity index (χ3v) is 2.47. The minimum Gasteiger partial charge on any atom is -0.377 e. The predicted molar refractivity (Wildman–Crippen MR) is 51.5 cm³/mol. The van der Waals surface area contributed by atoms with Gasteiger partial charge in [-0.1, -0.05) is 0 Å². The Labute approximate surface area is 83.8 Å². The quantitative estimate of drug-likeness (QED) is 0.707. The fraction of sp³-hybridized carbons (Fsp3) is 0.571. The van der Waals surface area contributed by atoms with Crippen LogP contribution >= 0.6 is 27.3 Å². The zero-order valence-electron chi connectivity index (χ0n) is 6.53. The summed E-state index contributed by atoms with van der Waals surface area (Å²) in [6.07, 6.45) is 1.77. The zero-order chi connectivity index (χ0) is 8.65. The van der Waals surface area contributed by atoms with Gasteiger partial charge in [0.05, 0.1) is 41.9 Å². The smallest absolute Gasteiger partial charge is 0.0896 e. The molecule has 1 fully saturated rings. The Kier molecular flexibility index (Phi) is 5.51. The number of hydrogen-bond acceptors (Lipinski definition) is 4. The summed E-state index contributed by atoms with van der Waals surface area (Å²) in [4.78, 5) is 3.79. The number of thiazole rings is 1. The van der Waals surface area contributed by atoms with E-state index >= 15 is 0 Å². The van der Waals surface area contributed by atoms with Crippen LogP contribution in [0, 0.1) is 0 Å². The van der Waals surface area contributed by atoms with E-state index in [9.17, 15) is 0 Å². The Morgan fingerprint density at radius 1 is 1.25 bits per heavy atom. The molecule has 1 aliphatic heterocycles. The van der Waals surface area contributed by atoms with E-state index < -0.39 is 0 Å². The molecule has 5 heteroatoms. The van der Waals surface area contributed by atoms with E-state index in [0.717, 1.165) is 30.2 Å². The summed E-state index contributed by atoms with van der Waals surface area (Å²) in [5.74, 6) is 0. The summed E-state index contributed by atoms with van der Waals surface area (Å²) < 4.78 is 11.0. The third-order valence-electron chi connectivity index (χ3n) is 1.15. The van der Waals surface area contributed by atoms with Crippen molar-refractivity contribution < 1.29 is 9.47 Å². The molecule has 2 heterocycles. The van der Waals surface area contributed by atoms with E-state index in [0.29, 0.717) is 0 Å². The van der Waals surface area contributed by atoms with Crippen LogP contribution in [-0.2, 0) is 9.47 Å². The molecule has 0 amide bonds. The van der Waals surface area contributed by atoms with Crippen molar-refractivity contribution in [3.8, 4) is 0 Å². The largest absolute Gasteiger partial charge is 0.377 e. The predicted octanol–water partition coefficient (Wildman–Crippen LogP) is 1.94. The van der Waals surface area contributed by atoms with Crippen LogP contribution in [0.5, 0.6) is 0 Å². The number of rotatable bonds is 0. The van der Waals surface area contributed by atoms with Crippen LogP contribution in [0.4, 0.5) is 0 Å². The topological polar surface area (TPSA) is 31.4 Å². The second-order valence-corrected chi connectivity index (χ2v) is 4.30. The Balaban J connectivity index is 0.000000120. The van der Waals surface area contributed by atoms with Crippen molar-refractivity contribution in [1.29, 1.82) is 0 Å². The van der Waals surface area contributed by atoms with Gasteiger partial charge in [-0.3, -0.25) is 4.98 Å². The van der Waals surface area contributed by atoms with Crippen molar-refractivity contribution >= 4 is 27.3 Å². The number of aromatic nitrogens is 1. The maximum absolute atomic E-state index is 4.94. The van der Waals surface area contributed by atoms with Crippen LogP contribution in [0.15, 0.2) is 15.5 Å². The molecule has 3 nitrogen and oxygen atoms in total. The van der Waals surface area contributed by atoms with Crippen molar-refractivity contribution in [1.82, 2.24) is 4.98 Å². The van der Waals surface area contributed by atoms with E-state index in [1.807, 2.05) is 0 Å². The highest BCUT2D eigenvalue weighted by atomic mass is 79.9. The summed E-state index contributed by atoms with van der Waals surface area (Å²) in [6.45, 7) is 3.11. The van der Waals surface area contributed by atoms with Gasteiger partial charge < -0.3 is 9.47 Å². The summed E-state index contributed by atoms with van der Waals surface area (Å²) in [5, 5.41) is 0. The molecule has 12 heavy (non-hydrogen) atoms. The highest BCUT2D eigenvalue weighted by Gasteiger charge is 1.94. The van der Waals surface area contributed by atoms with Gasteiger partial charge in [-0.15, -0.1) is 11.3 Å². The first-order chi connectivity index (χ1) is 5.89. The molecule has 0 saturated carbocycles. The zero-order valence-corrected chi connectivity index (χ0v) is 8.94. The molecule has 1 saturated heterocycles. The van der Waals surface area contributed by atoms with E-state index in [4.69, 9.17) is 9.47 Å². The molecular formula is C7H10BrNO2S. The number of hydrogen-bond donors (Lipinski definition) is 0. The first-order valence-corrected chi connectivity index (χ1v) is 5.26. The van der Waals surface area contributed by atoms with Crippen LogP contribution in [0.3, 0.4) is 0 Å². The lowest BCUT2D eigenvalue weighted by atomic mass is 10.6. The average molecular weight is 252 g/mol. The van der Waals surface area contributed by atoms with Crippen molar-refractivity contribution in [3.05, 3.63) is 15.5 Å². The van der Waals surface area contributed by atoms with Gasteiger partial charge in [0.25, 0.3) is 0 Å². The molecule has 0 radical (unpaired) electrons. The van der Waals surface area contributed by atoms with E-state index in [1.165, 1.54) is 0 Å². The summed E-state index contributed by atoms with van der Waals surface area (Å²) in [6, 6.07) is 0. The van der Waals surface area contributed by atoms with E-state index in [-0.39, 0.29) is 0 Å². The first kappa shape index (κ1) is 10.1. The highest BCUT2D eigenvalue weighted by Crippen LogP contribution is 2.12. The van der Waals surface area contributed by atoms with E-state index in [1.54, 1.807) is 23.0 Å². The molecule has 0 bridgehead atoms. The lowest BCUT2D eigenvalue weighted by molar-refractivity contribution is -0.0334.